The van der Waals surface area contributed by atoms with Crippen molar-refractivity contribution in [3.8, 4) is 5.75 Å². The first-order chi connectivity index (χ1) is 19.2. The van der Waals surface area contributed by atoms with Gasteiger partial charge in [-0.25, -0.2) is 15.0 Å². The van der Waals surface area contributed by atoms with Gasteiger partial charge in [-0.2, -0.15) is 0 Å². The number of anilines is 5. The first-order valence-electron chi connectivity index (χ1n) is 13.0. The largest absolute Gasteiger partial charge is 0.494 e. The van der Waals surface area contributed by atoms with Crippen molar-refractivity contribution in [2.45, 2.75) is 19.4 Å². The van der Waals surface area contributed by atoms with Crippen LogP contribution in [0.5, 0.6) is 5.75 Å². The number of methoxy groups -OCH3 is 1. The molecular formula is C29H36ClN7O3. The zero-order valence-corrected chi connectivity index (χ0v) is 24.3. The lowest BCUT2D eigenvalue weighted by Crippen LogP contribution is -2.29. The SMILES string of the molecule is C=CC(=O)Nc1cc(Nc2cc(N3OCC[C@@H]3c3cccc(Cl)c3C)ncn2)c(OC)cc1N(C)CCN(C)C. The molecule has 3 aromatic rings. The van der Waals surface area contributed by atoms with E-state index in [0.717, 1.165) is 41.3 Å². The van der Waals surface area contributed by atoms with Crippen molar-refractivity contribution in [2.75, 3.05) is 68.5 Å². The molecule has 212 valence electrons. The summed E-state index contributed by atoms with van der Waals surface area (Å²) in [5, 5.41) is 8.77. The molecule has 2 N–H and O–H groups in total. The van der Waals surface area contributed by atoms with Gasteiger partial charge in [-0.05, 0) is 50.4 Å². The van der Waals surface area contributed by atoms with E-state index in [0.29, 0.717) is 35.4 Å². The van der Waals surface area contributed by atoms with Crippen molar-refractivity contribution in [3.05, 3.63) is 71.5 Å². The summed E-state index contributed by atoms with van der Waals surface area (Å²) in [7, 11) is 7.61. The summed E-state index contributed by atoms with van der Waals surface area (Å²) in [6.07, 6.45) is 3.53. The quantitative estimate of drug-likeness (QED) is 0.304. The van der Waals surface area contributed by atoms with Gasteiger partial charge in [0.25, 0.3) is 0 Å². The highest BCUT2D eigenvalue weighted by Gasteiger charge is 2.30. The molecule has 40 heavy (non-hydrogen) atoms. The number of hydrogen-bond acceptors (Lipinski definition) is 9. The Hall–Kier alpha value is -3.86. The number of aromatic nitrogens is 2. The Bertz CT molecular complexity index is 1370. The molecule has 2 aromatic carbocycles. The summed E-state index contributed by atoms with van der Waals surface area (Å²) in [5.74, 6) is 1.43. The first-order valence-corrected chi connectivity index (χ1v) is 13.4. The van der Waals surface area contributed by atoms with Gasteiger partial charge in [-0.3, -0.25) is 9.63 Å². The lowest BCUT2D eigenvalue weighted by Gasteiger charge is -2.26. The van der Waals surface area contributed by atoms with E-state index in [-0.39, 0.29) is 11.9 Å². The Kier molecular flexibility index (Phi) is 9.46. The third-order valence-corrected chi connectivity index (χ3v) is 7.18. The number of ether oxygens (including phenoxy) is 1. The van der Waals surface area contributed by atoms with Crippen LogP contribution in [0.25, 0.3) is 0 Å². The van der Waals surface area contributed by atoms with Crippen molar-refractivity contribution < 1.29 is 14.4 Å². The summed E-state index contributed by atoms with van der Waals surface area (Å²) >= 11 is 6.40. The molecule has 11 heteroatoms. The monoisotopic (exact) mass is 565 g/mol. The van der Waals surface area contributed by atoms with Crippen LogP contribution in [0.3, 0.4) is 0 Å². The summed E-state index contributed by atoms with van der Waals surface area (Å²) in [5.41, 5.74) is 4.17. The minimum absolute atomic E-state index is 0.0336. The van der Waals surface area contributed by atoms with Crippen LogP contribution < -0.4 is 25.3 Å². The molecule has 1 aromatic heterocycles. The van der Waals surface area contributed by atoms with Gasteiger partial charge < -0.3 is 25.2 Å². The van der Waals surface area contributed by atoms with E-state index in [1.54, 1.807) is 12.2 Å². The second-order valence-electron chi connectivity index (χ2n) is 9.79. The number of likely N-dealkylation sites (N-methyl/N-ethyl adjacent to an activating group) is 2. The zero-order chi connectivity index (χ0) is 28.8. The Morgan fingerprint density at radius 3 is 2.75 bits per heavy atom. The van der Waals surface area contributed by atoms with Crippen LogP contribution >= 0.6 is 11.6 Å². The van der Waals surface area contributed by atoms with Gasteiger partial charge in [0.2, 0.25) is 5.91 Å². The fourth-order valence-electron chi connectivity index (χ4n) is 4.54. The van der Waals surface area contributed by atoms with E-state index >= 15 is 0 Å². The number of halogens is 1. The van der Waals surface area contributed by atoms with Crippen LogP contribution in [0.2, 0.25) is 5.02 Å². The number of carbonyl (C=O) groups excluding carboxylic acids is 1. The number of nitrogens with zero attached hydrogens (tertiary/aromatic N) is 5. The molecule has 1 aliphatic rings. The Morgan fingerprint density at radius 2 is 2.02 bits per heavy atom. The maximum absolute atomic E-state index is 12.3. The number of benzene rings is 2. The predicted octanol–water partition coefficient (Wildman–Crippen LogP) is 5.20. The lowest BCUT2D eigenvalue weighted by atomic mass is 9.99. The molecule has 0 saturated carbocycles. The zero-order valence-electron chi connectivity index (χ0n) is 23.6. The summed E-state index contributed by atoms with van der Waals surface area (Å²) in [6, 6.07) is 11.4. The normalized spacial score (nSPS) is 14.8. The second kappa shape index (κ2) is 13.0. The van der Waals surface area contributed by atoms with Gasteiger partial charge in [0, 0.05) is 43.7 Å². The van der Waals surface area contributed by atoms with E-state index in [1.165, 1.54) is 12.4 Å². The van der Waals surface area contributed by atoms with Gasteiger partial charge in [-0.15, -0.1) is 0 Å². The molecule has 0 radical (unpaired) electrons. The molecular weight excluding hydrogens is 530 g/mol. The van der Waals surface area contributed by atoms with E-state index < -0.39 is 0 Å². The fourth-order valence-corrected chi connectivity index (χ4v) is 4.72. The maximum Gasteiger partial charge on any atom is 0.247 e. The van der Waals surface area contributed by atoms with Gasteiger partial charge in [0.15, 0.2) is 5.82 Å². The minimum Gasteiger partial charge on any atom is -0.494 e. The molecule has 0 aliphatic carbocycles. The van der Waals surface area contributed by atoms with Crippen LogP contribution in [0.4, 0.5) is 28.7 Å². The molecule has 4 rings (SSSR count). The summed E-state index contributed by atoms with van der Waals surface area (Å²) in [4.78, 5) is 31.3. The molecule has 1 aliphatic heterocycles. The molecule has 10 nitrogen and oxygen atoms in total. The number of carbonyl (C=O) groups is 1. The van der Waals surface area contributed by atoms with Crippen molar-refractivity contribution in [1.29, 1.82) is 0 Å². The van der Waals surface area contributed by atoms with Crippen LogP contribution in [-0.4, -0.2) is 68.7 Å². The van der Waals surface area contributed by atoms with Crippen molar-refractivity contribution in [2.24, 2.45) is 0 Å². The highest BCUT2D eigenvalue weighted by atomic mass is 35.5. The van der Waals surface area contributed by atoms with Crippen LogP contribution in [-0.2, 0) is 9.63 Å². The third-order valence-electron chi connectivity index (χ3n) is 6.77. The smallest absolute Gasteiger partial charge is 0.247 e. The summed E-state index contributed by atoms with van der Waals surface area (Å²) < 4.78 is 5.73. The van der Waals surface area contributed by atoms with Crippen LogP contribution in [0.1, 0.15) is 23.6 Å². The number of rotatable bonds is 11. The summed E-state index contributed by atoms with van der Waals surface area (Å²) in [6.45, 7) is 7.75. The second-order valence-corrected chi connectivity index (χ2v) is 10.2. The first kappa shape index (κ1) is 29.1. The highest BCUT2D eigenvalue weighted by Crippen LogP contribution is 2.40. The molecule has 0 spiro atoms. The van der Waals surface area contributed by atoms with Crippen molar-refractivity contribution in [1.82, 2.24) is 14.9 Å². The van der Waals surface area contributed by atoms with E-state index in [2.05, 4.69) is 43.0 Å². The standard InChI is InChI=1S/C29H36ClN7O3/c1-7-29(38)34-22-15-23(26(39-6)16-25(22)36(5)13-12-35(3)4)33-27-17-28(32-18-31-27)37-24(11-14-40-37)20-9-8-10-21(30)19(20)2/h7-10,15-18,24H,1,11-14H2,2-6H3,(H,34,38)(H,31,32,33)/t24-/m1/s1. The maximum atomic E-state index is 12.3. The molecule has 1 amide bonds. The van der Waals surface area contributed by atoms with E-state index in [1.807, 2.05) is 58.4 Å². The van der Waals surface area contributed by atoms with E-state index in [9.17, 15) is 4.79 Å². The molecule has 1 fully saturated rings. The number of amides is 1. The average molecular weight is 566 g/mol. The lowest BCUT2D eigenvalue weighted by molar-refractivity contribution is -0.111. The molecule has 0 unspecified atom stereocenters. The fraction of sp³-hybridized carbons (Fsp3) is 0.345. The van der Waals surface area contributed by atoms with Crippen LogP contribution in [0.15, 0.2) is 55.4 Å². The average Bonchev–Trinajstić information content (AvgIpc) is 3.43. The number of hydroxylamine groups is 1. The minimum atomic E-state index is -0.309. The molecule has 1 saturated heterocycles. The molecule has 2 heterocycles. The Labute approximate surface area is 240 Å². The van der Waals surface area contributed by atoms with Gasteiger partial charge in [0.05, 0.1) is 36.8 Å². The van der Waals surface area contributed by atoms with Crippen LogP contribution in [0, 0.1) is 6.92 Å². The Balaban J connectivity index is 1.65. The number of nitrogens with one attached hydrogen (secondary N) is 2. The molecule has 0 bridgehead atoms. The number of hydrogen-bond donors (Lipinski definition) is 2. The molecule has 1 atom stereocenters. The van der Waals surface area contributed by atoms with Gasteiger partial charge in [0.1, 0.15) is 17.9 Å². The topological polar surface area (TPSA) is 95.1 Å². The van der Waals surface area contributed by atoms with E-state index in [4.69, 9.17) is 21.2 Å². The van der Waals surface area contributed by atoms with Crippen molar-refractivity contribution in [3.63, 3.8) is 0 Å². The highest BCUT2D eigenvalue weighted by molar-refractivity contribution is 6.31. The third kappa shape index (κ3) is 6.64. The van der Waals surface area contributed by atoms with Gasteiger partial charge in [-0.1, -0.05) is 30.3 Å². The van der Waals surface area contributed by atoms with Gasteiger partial charge >= 0.3 is 0 Å². The predicted molar refractivity (Wildman–Crippen MR) is 161 cm³/mol. The Morgan fingerprint density at radius 1 is 1.23 bits per heavy atom. The van der Waals surface area contributed by atoms with Crippen molar-refractivity contribution >= 4 is 46.2 Å².